The summed E-state index contributed by atoms with van der Waals surface area (Å²) in [6.45, 7) is 6.36. The Bertz CT molecular complexity index is 299. The second-order valence-electron chi connectivity index (χ2n) is 4.09. The zero-order valence-electron chi connectivity index (χ0n) is 10.7. The minimum absolute atomic E-state index is 0.935. The summed E-state index contributed by atoms with van der Waals surface area (Å²) in [5.41, 5.74) is 2.29. The van der Waals surface area contributed by atoms with Gasteiger partial charge in [-0.05, 0) is 19.4 Å². The Kier molecular flexibility index (Phi) is 5.68. The molecule has 1 aromatic heterocycles. The summed E-state index contributed by atoms with van der Waals surface area (Å²) in [7, 11) is 2.13. The van der Waals surface area contributed by atoms with E-state index in [4.69, 9.17) is 0 Å². The van der Waals surface area contributed by atoms with Gasteiger partial charge in [0, 0.05) is 20.1 Å². The van der Waals surface area contributed by atoms with Crippen molar-refractivity contribution in [3.63, 3.8) is 0 Å². The first-order chi connectivity index (χ1) is 7.77. The van der Waals surface area contributed by atoms with Gasteiger partial charge < -0.3 is 10.2 Å². The number of hydrogen-bond acceptors (Lipinski definition) is 3. The van der Waals surface area contributed by atoms with Gasteiger partial charge in [0.1, 0.15) is 0 Å². The Labute approximate surface area is 98.9 Å². The van der Waals surface area contributed by atoms with Gasteiger partial charge in [-0.3, -0.25) is 4.98 Å². The van der Waals surface area contributed by atoms with Gasteiger partial charge in [-0.15, -0.1) is 0 Å². The number of unbranched alkanes of at least 4 members (excludes halogenated alkanes) is 2. The normalized spacial score (nSPS) is 10.2. The van der Waals surface area contributed by atoms with Crippen molar-refractivity contribution in [3.8, 4) is 0 Å². The molecule has 90 valence electrons. The van der Waals surface area contributed by atoms with Crippen LogP contribution in [-0.4, -0.2) is 25.1 Å². The van der Waals surface area contributed by atoms with Crippen molar-refractivity contribution < 1.29 is 0 Å². The van der Waals surface area contributed by atoms with Crippen LogP contribution >= 0.6 is 0 Å². The van der Waals surface area contributed by atoms with Crippen LogP contribution in [0.1, 0.15) is 33.1 Å². The average Bonchev–Trinajstić information content (AvgIpc) is 2.30. The molecule has 0 bridgehead atoms. The molecule has 1 heterocycles. The molecule has 0 saturated heterocycles. The fraction of sp³-hybridized carbons (Fsp3) is 0.615. The van der Waals surface area contributed by atoms with E-state index in [1.165, 1.54) is 24.9 Å². The van der Waals surface area contributed by atoms with Crippen molar-refractivity contribution in [2.75, 3.05) is 30.4 Å². The quantitative estimate of drug-likeness (QED) is 0.717. The maximum absolute atomic E-state index is 4.25. The second kappa shape index (κ2) is 7.09. The summed E-state index contributed by atoms with van der Waals surface area (Å²) in [6.07, 6.45) is 7.60. The highest BCUT2D eigenvalue weighted by atomic mass is 15.1. The predicted molar refractivity (Wildman–Crippen MR) is 71.2 cm³/mol. The number of rotatable bonds is 7. The SMILES string of the molecule is CCCCCN(C)c1cncc(NCC)c1. The van der Waals surface area contributed by atoms with Crippen molar-refractivity contribution in [2.24, 2.45) is 0 Å². The summed E-state index contributed by atoms with van der Waals surface area (Å²) >= 11 is 0. The van der Waals surface area contributed by atoms with Crippen molar-refractivity contribution in [1.29, 1.82) is 0 Å². The summed E-state index contributed by atoms with van der Waals surface area (Å²) < 4.78 is 0. The van der Waals surface area contributed by atoms with Crippen LogP contribution in [0, 0.1) is 0 Å². The van der Waals surface area contributed by atoms with E-state index in [9.17, 15) is 0 Å². The molecule has 3 nitrogen and oxygen atoms in total. The molecule has 0 radical (unpaired) electrons. The first-order valence-electron chi connectivity index (χ1n) is 6.18. The molecular formula is C13H23N3. The van der Waals surface area contributed by atoms with Gasteiger partial charge in [-0.25, -0.2) is 0 Å². The van der Waals surface area contributed by atoms with E-state index in [0.717, 1.165) is 18.8 Å². The van der Waals surface area contributed by atoms with Crippen LogP contribution in [0.4, 0.5) is 11.4 Å². The Morgan fingerprint density at radius 3 is 2.75 bits per heavy atom. The summed E-state index contributed by atoms with van der Waals surface area (Å²) in [4.78, 5) is 6.52. The first kappa shape index (κ1) is 12.8. The van der Waals surface area contributed by atoms with E-state index < -0.39 is 0 Å². The minimum Gasteiger partial charge on any atom is -0.384 e. The lowest BCUT2D eigenvalue weighted by molar-refractivity contribution is 0.704. The lowest BCUT2D eigenvalue weighted by Crippen LogP contribution is -2.18. The number of nitrogens with zero attached hydrogens (tertiary/aromatic N) is 2. The molecule has 1 rings (SSSR count). The third-order valence-corrected chi connectivity index (χ3v) is 2.64. The van der Waals surface area contributed by atoms with Crippen LogP contribution < -0.4 is 10.2 Å². The smallest absolute Gasteiger partial charge is 0.0570 e. The molecule has 0 atom stereocenters. The number of aromatic nitrogens is 1. The van der Waals surface area contributed by atoms with Crippen LogP contribution in [0.15, 0.2) is 18.5 Å². The van der Waals surface area contributed by atoms with Gasteiger partial charge >= 0.3 is 0 Å². The van der Waals surface area contributed by atoms with E-state index in [1.54, 1.807) is 0 Å². The van der Waals surface area contributed by atoms with Crippen LogP contribution in [0.5, 0.6) is 0 Å². The van der Waals surface area contributed by atoms with Crippen LogP contribution in [0.2, 0.25) is 0 Å². The predicted octanol–water partition coefficient (Wildman–Crippen LogP) is 3.14. The van der Waals surface area contributed by atoms with E-state index in [0.29, 0.717) is 0 Å². The third-order valence-electron chi connectivity index (χ3n) is 2.64. The summed E-state index contributed by atoms with van der Waals surface area (Å²) in [5, 5.41) is 3.28. The van der Waals surface area contributed by atoms with E-state index >= 15 is 0 Å². The van der Waals surface area contributed by atoms with Crippen LogP contribution in [0.25, 0.3) is 0 Å². The Morgan fingerprint density at radius 2 is 2.06 bits per heavy atom. The number of hydrogen-bond donors (Lipinski definition) is 1. The minimum atomic E-state index is 0.935. The largest absolute Gasteiger partial charge is 0.384 e. The molecule has 3 heteroatoms. The Balaban J connectivity index is 2.53. The van der Waals surface area contributed by atoms with Crippen molar-refractivity contribution >= 4 is 11.4 Å². The summed E-state index contributed by atoms with van der Waals surface area (Å²) in [6, 6.07) is 2.16. The topological polar surface area (TPSA) is 28.2 Å². The molecule has 1 N–H and O–H groups in total. The van der Waals surface area contributed by atoms with Crippen LogP contribution in [0.3, 0.4) is 0 Å². The molecule has 16 heavy (non-hydrogen) atoms. The molecular weight excluding hydrogens is 198 g/mol. The van der Waals surface area contributed by atoms with Gasteiger partial charge in [0.05, 0.1) is 23.8 Å². The number of nitrogens with one attached hydrogen (secondary N) is 1. The maximum atomic E-state index is 4.25. The molecule has 0 amide bonds. The standard InChI is InChI=1S/C13H23N3/c1-4-6-7-8-16(3)13-9-12(15-5-2)10-14-11-13/h9-11,15H,4-8H2,1-3H3. The molecule has 0 aromatic carbocycles. The highest BCUT2D eigenvalue weighted by molar-refractivity contribution is 5.55. The van der Waals surface area contributed by atoms with Crippen molar-refractivity contribution in [3.05, 3.63) is 18.5 Å². The Morgan fingerprint density at radius 1 is 1.25 bits per heavy atom. The van der Waals surface area contributed by atoms with Gasteiger partial charge in [0.15, 0.2) is 0 Å². The zero-order chi connectivity index (χ0) is 11.8. The van der Waals surface area contributed by atoms with Crippen molar-refractivity contribution in [1.82, 2.24) is 4.98 Å². The van der Waals surface area contributed by atoms with Gasteiger partial charge in [0.25, 0.3) is 0 Å². The van der Waals surface area contributed by atoms with Gasteiger partial charge in [0.2, 0.25) is 0 Å². The Hall–Kier alpha value is -1.25. The molecule has 0 spiro atoms. The lowest BCUT2D eigenvalue weighted by atomic mass is 10.2. The van der Waals surface area contributed by atoms with Gasteiger partial charge in [-0.1, -0.05) is 19.8 Å². The fourth-order valence-corrected chi connectivity index (χ4v) is 1.67. The molecule has 0 aliphatic carbocycles. The third kappa shape index (κ3) is 4.09. The monoisotopic (exact) mass is 221 g/mol. The molecule has 0 saturated carbocycles. The zero-order valence-corrected chi connectivity index (χ0v) is 10.7. The molecule has 1 aromatic rings. The highest BCUT2D eigenvalue weighted by Gasteiger charge is 2.01. The molecule has 0 fully saturated rings. The van der Waals surface area contributed by atoms with E-state index in [1.807, 2.05) is 12.4 Å². The number of pyridine rings is 1. The lowest BCUT2D eigenvalue weighted by Gasteiger charge is -2.19. The molecule has 0 aliphatic heterocycles. The van der Waals surface area contributed by atoms with E-state index in [2.05, 4.69) is 42.2 Å². The van der Waals surface area contributed by atoms with Gasteiger partial charge in [-0.2, -0.15) is 0 Å². The highest BCUT2D eigenvalue weighted by Crippen LogP contribution is 2.16. The number of anilines is 2. The maximum Gasteiger partial charge on any atom is 0.0570 e. The summed E-state index contributed by atoms with van der Waals surface area (Å²) in [5.74, 6) is 0. The average molecular weight is 221 g/mol. The van der Waals surface area contributed by atoms with Crippen molar-refractivity contribution in [2.45, 2.75) is 33.1 Å². The first-order valence-corrected chi connectivity index (χ1v) is 6.18. The molecule has 0 aliphatic rings. The van der Waals surface area contributed by atoms with Crippen LogP contribution in [-0.2, 0) is 0 Å². The molecule has 0 unspecified atom stereocenters. The fourth-order valence-electron chi connectivity index (χ4n) is 1.67. The second-order valence-corrected chi connectivity index (χ2v) is 4.09. The van der Waals surface area contributed by atoms with E-state index in [-0.39, 0.29) is 0 Å².